The summed E-state index contributed by atoms with van der Waals surface area (Å²) in [6.07, 6.45) is 0. The third-order valence-electron chi connectivity index (χ3n) is 2.97. The first-order valence-corrected chi connectivity index (χ1v) is 7.78. The topological polar surface area (TPSA) is 68.0 Å². The fourth-order valence-electron chi connectivity index (χ4n) is 2.02. The van der Waals surface area contributed by atoms with Gasteiger partial charge in [0.1, 0.15) is 5.69 Å². The van der Waals surface area contributed by atoms with Crippen molar-refractivity contribution in [3.63, 3.8) is 0 Å². The summed E-state index contributed by atoms with van der Waals surface area (Å²) < 4.78 is 2.61. The Balaban J connectivity index is 2.09. The predicted molar refractivity (Wildman–Crippen MR) is 83.5 cm³/mol. The number of aromatic nitrogens is 3. The van der Waals surface area contributed by atoms with E-state index < -0.39 is 5.97 Å². The van der Waals surface area contributed by atoms with Gasteiger partial charge in [0, 0.05) is 14.9 Å². The fourth-order valence-corrected chi connectivity index (χ4v) is 3.48. The summed E-state index contributed by atoms with van der Waals surface area (Å²) in [5, 5.41) is 19.1. The molecule has 0 spiro atoms. The van der Waals surface area contributed by atoms with Crippen LogP contribution in [0.15, 0.2) is 46.3 Å². The van der Waals surface area contributed by atoms with Crippen LogP contribution in [0.25, 0.3) is 11.3 Å². The van der Waals surface area contributed by atoms with Crippen LogP contribution in [0.4, 0.5) is 0 Å². The quantitative estimate of drug-likeness (QED) is 0.769. The Bertz CT molecular complexity index is 783. The van der Waals surface area contributed by atoms with Crippen molar-refractivity contribution in [2.45, 2.75) is 6.54 Å². The third-order valence-corrected chi connectivity index (χ3v) is 4.88. The number of carboxylic acid groups (broad SMARTS) is 1. The van der Waals surface area contributed by atoms with Crippen LogP contribution in [0, 0.1) is 0 Å². The highest BCUT2D eigenvalue weighted by Gasteiger charge is 2.21. The first kappa shape index (κ1) is 14.0. The molecule has 0 atom stereocenters. The van der Waals surface area contributed by atoms with Gasteiger partial charge in [0.2, 0.25) is 0 Å². The Labute approximate surface area is 133 Å². The Kier molecular flexibility index (Phi) is 3.85. The fraction of sp³-hybridized carbons (Fsp3) is 0.0714. The number of rotatable bonds is 4. The summed E-state index contributed by atoms with van der Waals surface area (Å²) in [6.45, 7) is 0.475. The van der Waals surface area contributed by atoms with Gasteiger partial charge in [0.15, 0.2) is 5.69 Å². The second-order valence-electron chi connectivity index (χ2n) is 4.31. The molecule has 0 saturated carbocycles. The molecule has 0 unspecified atom stereocenters. The molecule has 2 aromatic heterocycles. The van der Waals surface area contributed by atoms with Crippen molar-refractivity contribution >= 4 is 33.2 Å². The summed E-state index contributed by atoms with van der Waals surface area (Å²) in [7, 11) is 0. The minimum Gasteiger partial charge on any atom is -0.476 e. The Morgan fingerprint density at radius 1 is 1.29 bits per heavy atom. The first-order chi connectivity index (χ1) is 10.2. The molecule has 2 heterocycles. The number of aromatic carboxylic acids is 1. The van der Waals surface area contributed by atoms with E-state index in [1.165, 1.54) is 0 Å². The lowest BCUT2D eigenvalue weighted by atomic mass is 10.1. The van der Waals surface area contributed by atoms with Gasteiger partial charge < -0.3 is 5.11 Å². The smallest absolute Gasteiger partial charge is 0.358 e. The lowest BCUT2D eigenvalue weighted by Crippen LogP contribution is -2.05. The largest absolute Gasteiger partial charge is 0.476 e. The molecule has 3 rings (SSSR count). The molecule has 1 N–H and O–H groups in total. The van der Waals surface area contributed by atoms with Gasteiger partial charge >= 0.3 is 5.97 Å². The van der Waals surface area contributed by atoms with Crippen molar-refractivity contribution < 1.29 is 9.90 Å². The molecule has 7 heteroatoms. The summed E-state index contributed by atoms with van der Waals surface area (Å²) in [4.78, 5) is 12.4. The molecule has 5 nitrogen and oxygen atoms in total. The monoisotopic (exact) mass is 363 g/mol. The van der Waals surface area contributed by atoms with E-state index in [1.54, 1.807) is 16.0 Å². The molecule has 0 radical (unpaired) electrons. The normalized spacial score (nSPS) is 10.7. The predicted octanol–water partition coefficient (Wildman–Crippen LogP) is 3.52. The molecule has 21 heavy (non-hydrogen) atoms. The molecular formula is C14H10BrN3O2S. The van der Waals surface area contributed by atoms with Crippen LogP contribution in [0.1, 0.15) is 15.4 Å². The maximum absolute atomic E-state index is 11.4. The Morgan fingerprint density at radius 2 is 2.05 bits per heavy atom. The number of halogens is 1. The highest BCUT2D eigenvalue weighted by atomic mass is 79.9. The number of hydrogen-bond donors (Lipinski definition) is 1. The zero-order chi connectivity index (χ0) is 14.8. The van der Waals surface area contributed by atoms with Crippen LogP contribution in [0.2, 0.25) is 0 Å². The third kappa shape index (κ3) is 2.74. The second kappa shape index (κ2) is 5.79. The Hall–Kier alpha value is -1.99. The summed E-state index contributed by atoms with van der Waals surface area (Å²) in [5.41, 5.74) is 1.27. The van der Waals surface area contributed by atoms with Crippen LogP contribution in [0.5, 0.6) is 0 Å². The van der Waals surface area contributed by atoms with E-state index in [0.29, 0.717) is 12.2 Å². The van der Waals surface area contributed by atoms with Gasteiger partial charge in [0.25, 0.3) is 0 Å². The van der Waals surface area contributed by atoms with Crippen molar-refractivity contribution in [1.82, 2.24) is 15.0 Å². The number of hydrogen-bond acceptors (Lipinski definition) is 4. The van der Waals surface area contributed by atoms with E-state index >= 15 is 0 Å². The number of nitrogens with zero attached hydrogens (tertiary/aromatic N) is 3. The van der Waals surface area contributed by atoms with Gasteiger partial charge in [-0.1, -0.05) is 35.5 Å². The number of carboxylic acids is 1. The minimum atomic E-state index is -1.08. The number of carbonyl (C=O) groups is 1. The Morgan fingerprint density at radius 3 is 2.67 bits per heavy atom. The molecule has 0 bridgehead atoms. The lowest BCUT2D eigenvalue weighted by molar-refractivity contribution is 0.0691. The van der Waals surface area contributed by atoms with Crippen LogP contribution in [-0.4, -0.2) is 26.1 Å². The van der Waals surface area contributed by atoms with Crippen molar-refractivity contribution in [3.8, 4) is 11.3 Å². The summed E-state index contributed by atoms with van der Waals surface area (Å²) in [5.74, 6) is -1.08. The van der Waals surface area contributed by atoms with Crippen LogP contribution < -0.4 is 0 Å². The van der Waals surface area contributed by atoms with E-state index in [1.807, 2.05) is 41.8 Å². The van der Waals surface area contributed by atoms with Crippen molar-refractivity contribution in [2.75, 3.05) is 0 Å². The standard InChI is InChI=1S/C14H10BrN3O2S/c15-10-6-7-21-11(10)8-18-13(9-4-2-1-3-5-9)12(14(19)20)16-17-18/h1-7H,8H2,(H,19,20). The molecule has 0 fully saturated rings. The molecule has 0 aliphatic carbocycles. The lowest BCUT2D eigenvalue weighted by Gasteiger charge is -2.06. The maximum atomic E-state index is 11.4. The zero-order valence-corrected chi connectivity index (χ0v) is 13.1. The van der Waals surface area contributed by atoms with Gasteiger partial charge in [-0.3, -0.25) is 0 Å². The maximum Gasteiger partial charge on any atom is 0.358 e. The van der Waals surface area contributed by atoms with E-state index in [0.717, 1.165) is 14.9 Å². The molecule has 106 valence electrons. The SMILES string of the molecule is O=C(O)c1nnn(Cc2sccc2Br)c1-c1ccccc1. The zero-order valence-electron chi connectivity index (χ0n) is 10.7. The minimum absolute atomic E-state index is 0.0334. The molecular weight excluding hydrogens is 354 g/mol. The molecule has 3 aromatic rings. The van der Waals surface area contributed by atoms with Gasteiger partial charge in [-0.15, -0.1) is 16.4 Å². The highest BCUT2D eigenvalue weighted by molar-refractivity contribution is 9.10. The molecule has 0 saturated heterocycles. The average molecular weight is 364 g/mol. The van der Waals surface area contributed by atoms with Crippen molar-refractivity contribution in [3.05, 3.63) is 56.8 Å². The van der Waals surface area contributed by atoms with Gasteiger partial charge in [-0.2, -0.15) is 0 Å². The van der Waals surface area contributed by atoms with E-state index in [2.05, 4.69) is 26.2 Å². The number of thiophene rings is 1. The van der Waals surface area contributed by atoms with Gasteiger partial charge in [0.05, 0.1) is 6.54 Å². The van der Waals surface area contributed by atoms with Gasteiger partial charge in [-0.05, 0) is 27.4 Å². The second-order valence-corrected chi connectivity index (χ2v) is 6.16. The van der Waals surface area contributed by atoms with E-state index in [9.17, 15) is 9.90 Å². The van der Waals surface area contributed by atoms with Crippen molar-refractivity contribution in [2.24, 2.45) is 0 Å². The molecule has 0 amide bonds. The molecule has 0 aliphatic heterocycles. The van der Waals surface area contributed by atoms with Crippen molar-refractivity contribution in [1.29, 1.82) is 0 Å². The van der Waals surface area contributed by atoms with E-state index in [-0.39, 0.29) is 5.69 Å². The van der Waals surface area contributed by atoms with Crippen LogP contribution in [0.3, 0.4) is 0 Å². The van der Waals surface area contributed by atoms with E-state index in [4.69, 9.17) is 0 Å². The number of benzene rings is 1. The molecule has 0 aliphatic rings. The summed E-state index contributed by atoms with van der Waals surface area (Å²) >= 11 is 5.06. The van der Waals surface area contributed by atoms with Gasteiger partial charge in [-0.25, -0.2) is 9.48 Å². The average Bonchev–Trinajstić information content (AvgIpc) is 3.07. The summed E-state index contributed by atoms with van der Waals surface area (Å²) in [6, 6.07) is 11.3. The van der Waals surface area contributed by atoms with Crippen LogP contribution in [-0.2, 0) is 6.54 Å². The molecule has 1 aromatic carbocycles. The first-order valence-electron chi connectivity index (χ1n) is 6.11. The highest BCUT2D eigenvalue weighted by Crippen LogP contribution is 2.27. The van der Waals surface area contributed by atoms with Crippen LogP contribution >= 0.6 is 27.3 Å².